The van der Waals surface area contributed by atoms with Gasteiger partial charge in [-0.1, -0.05) is 36.4 Å². The molecule has 0 unspecified atom stereocenters. The fourth-order valence-corrected chi connectivity index (χ4v) is 3.53. The molecular formula is C18H22N2O5S2. The van der Waals surface area contributed by atoms with E-state index in [9.17, 15) is 16.8 Å². The van der Waals surface area contributed by atoms with Crippen LogP contribution in [0.3, 0.4) is 0 Å². The number of hydrogen-bond donors (Lipinski definition) is 0. The van der Waals surface area contributed by atoms with E-state index in [4.69, 9.17) is 4.18 Å². The Morgan fingerprint density at radius 3 is 2.19 bits per heavy atom. The minimum atomic E-state index is -3.74. The topological polar surface area (TPSA) is 93.1 Å². The molecule has 9 heteroatoms. The van der Waals surface area contributed by atoms with Gasteiger partial charge < -0.3 is 4.90 Å². The standard InChI is InChI=1S/C18H22N2O5S2/c1-20(2)14-19-27(23,24)18-6-4-5-17(12-18)11-15-7-9-16(10-8-15)13-25-26(3,21)22/h4-10,12,14H,11,13H2,1-3H3. The van der Waals surface area contributed by atoms with Crippen molar-refractivity contribution in [3.63, 3.8) is 0 Å². The van der Waals surface area contributed by atoms with Crippen LogP contribution in [0, 0.1) is 0 Å². The molecule has 0 aliphatic rings. The molecule has 7 nitrogen and oxygen atoms in total. The Morgan fingerprint density at radius 1 is 0.963 bits per heavy atom. The fourth-order valence-electron chi connectivity index (χ4n) is 2.20. The molecule has 27 heavy (non-hydrogen) atoms. The average Bonchev–Trinajstić information content (AvgIpc) is 2.59. The molecule has 0 bridgehead atoms. The Kier molecular flexibility index (Phi) is 6.74. The van der Waals surface area contributed by atoms with Gasteiger partial charge in [-0.3, -0.25) is 4.18 Å². The van der Waals surface area contributed by atoms with Crippen molar-refractivity contribution in [2.45, 2.75) is 17.9 Å². The average molecular weight is 411 g/mol. The van der Waals surface area contributed by atoms with E-state index in [-0.39, 0.29) is 11.5 Å². The lowest BCUT2D eigenvalue weighted by molar-refractivity contribution is 0.311. The smallest absolute Gasteiger partial charge is 0.283 e. The van der Waals surface area contributed by atoms with E-state index in [2.05, 4.69) is 4.40 Å². The molecule has 2 aromatic carbocycles. The predicted molar refractivity (Wildman–Crippen MR) is 105 cm³/mol. The number of nitrogens with zero attached hydrogens (tertiary/aromatic N) is 2. The summed E-state index contributed by atoms with van der Waals surface area (Å²) in [6.45, 7) is -0.0171. The first-order valence-electron chi connectivity index (χ1n) is 8.03. The molecule has 0 radical (unpaired) electrons. The van der Waals surface area contributed by atoms with Crippen molar-refractivity contribution in [2.75, 3.05) is 20.4 Å². The molecule has 0 heterocycles. The third-order valence-corrected chi connectivity index (χ3v) is 5.25. The van der Waals surface area contributed by atoms with Gasteiger partial charge in [0.05, 0.1) is 17.8 Å². The SMILES string of the molecule is CN(C)C=NS(=O)(=O)c1cccc(Cc2ccc(COS(C)(=O)=O)cc2)c1. The van der Waals surface area contributed by atoms with Crippen LogP contribution < -0.4 is 0 Å². The predicted octanol–water partition coefficient (Wildman–Crippen LogP) is 2.03. The monoisotopic (exact) mass is 410 g/mol. The fraction of sp³-hybridized carbons (Fsp3) is 0.278. The highest BCUT2D eigenvalue weighted by atomic mass is 32.2. The summed E-state index contributed by atoms with van der Waals surface area (Å²) in [4.78, 5) is 1.69. The Morgan fingerprint density at radius 2 is 1.59 bits per heavy atom. The molecule has 146 valence electrons. The number of benzene rings is 2. The minimum Gasteiger partial charge on any atom is -0.368 e. The van der Waals surface area contributed by atoms with Gasteiger partial charge >= 0.3 is 0 Å². The first-order chi connectivity index (χ1) is 12.5. The first-order valence-corrected chi connectivity index (χ1v) is 11.3. The zero-order valence-corrected chi connectivity index (χ0v) is 17.0. The van der Waals surface area contributed by atoms with Gasteiger partial charge in [0.15, 0.2) is 0 Å². The Bertz CT molecular complexity index is 1010. The highest BCUT2D eigenvalue weighted by Gasteiger charge is 2.12. The second-order valence-electron chi connectivity index (χ2n) is 6.27. The number of hydrogen-bond acceptors (Lipinski definition) is 5. The Balaban J connectivity index is 2.12. The van der Waals surface area contributed by atoms with Crippen molar-refractivity contribution in [1.29, 1.82) is 0 Å². The maximum atomic E-state index is 12.3. The van der Waals surface area contributed by atoms with Gasteiger partial charge in [-0.2, -0.15) is 16.8 Å². The molecule has 2 aromatic rings. The summed E-state index contributed by atoms with van der Waals surface area (Å²) in [6.07, 6.45) is 2.79. The van der Waals surface area contributed by atoms with Crippen LogP contribution in [0.5, 0.6) is 0 Å². The number of rotatable bonds is 8. The third-order valence-electron chi connectivity index (χ3n) is 3.48. The highest BCUT2D eigenvalue weighted by Crippen LogP contribution is 2.17. The lowest BCUT2D eigenvalue weighted by Gasteiger charge is -2.07. The van der Waals surface area contributed by atoms with Crippen molar-refractivity contribution in [1.82, 2.24) is 4.90 Å². The van der Waals surface area contributed by atoms with Gasteiger partial charge in [0.25, 0.3) is 20.1 Å². The zero-order chi connectivity index (χ0) is 20.1. The van der Waals surface area contributed by atoms with Crippen molar-refractivity contribution < 1.29 is 21.0 Å². The van der Waals surface area contributed by atoms with E-state index in [1.54, 1.807) is 43.3 Å². The quantitative estimate of drug-likeness (QED) is 0.376. The lowest BCUT2D eigenvalue weighted by Crippen LogP contribution is -2.10. The summed E-state index contributed by atoms with van der Waals surface area (Å²) in [6, 6.07) is 13.9. The van der Waals surface area contributed by atoms with E-state index < -0.39 is 20.1 Å². The summed E-state index contributed by atoms with van der Waals surface area (Å²) in [7, 11) is -3.84. The van der Waals surface area contributed by atoms with E-state index in [0.29, 0.717) is 6.42 Å². The second-order valence-corrected chi connectivity index (χ2v) is 9.54. The van der Waals surface area contributed by atoms with Crippen LogP contribution in [0.1, 0.15) is 16.7 Å². The van der Waals surface area contributed by atoms with Crippen LogP contribution in [-0.4, -0.2) is 48.4 Å². The van der Waals surface area contributed by atoms with Crippen LogP contribution >= 0.6 is 0 Å². The molecule has 0 aliphatic heterocycles. The zero-order valence-electron chi connectivity index (χ0n) is 15.4. The van der Waals surface area contributed by atoms with Gasteiger partial charge in [0.1, 0.15) is 6.34 Å². The van der Waals surface area contributed by atoms with Gasteiger partial charge in [0, 0.05) is 14.1 Å². The minimum absolute atomic E-state index is 0.0171. The summed E-state index contributed by atoms with van der Waals surface area (Å²) in [5.41, 5.74) is 2.53. The van der Waals surface area contributed by atoms with E-state index in [1.807, 2.05) is 18.2 Å². The molecule has 0 amide bonds. The maximum Gasteiger partial charge on any atom is 0.283 e. The first kappa shape index (κ1) is 21.1. The van der Waals surface area contributed by atoms with Gasteiger partial charge in [-0.05, 0) is 35.2 Å². The highest BCUT2D eigenvalue weighted by molar-refractivity contribution is 7.90. The van der Waals surface area contributed by atoms with Crippen LogP contribution in [0.4, 0.5) is 0 Å². The van der Waals surface area contributed by atoms with Crippen LogP contribution in [-0.2, 0) is 37.4 Å². The van der Waals surface area contributed by atoms with Crippen LogP contribution in [0.15, 0.2) is 57.8 Å². The van der Waals surface area contributed by atoms with Crippen molar-refractivity contribution in [2.24, 2.45) is 4.40 Å². The molecule has 0 saturated carbocycles. The van der Waals surface area contributed by atoms with E-state index in [1.165, 1.54) is 12.4 Å². The Labute approximate surface area is 160 Å². The third kappa shape index (κ3) is 7.12. The normalized spacial score (nSPS) is 12.4. The van der Waals surface area contributed by atoms with Crippen molar-refractivity contribution in [3.05, 3.63) is 65.2 Å². The molecule has 0 N–H and O–H groups in total. The molecule has 0 fully saturated rings. The molecular weight excluding hydrogens is 388 g/mol. The summed E-state index contributed by atoms with van der Waals surface area (Å²) >= 11 is 0. The molecule has 0 aliphatic carbocycles. The largest absolute Gasteiger partial charge is 0.368 e. The van der Waals surface area contributed by atoms with Gasteiger partial charge in [-0.25, -0.2) is 0 Å². The summed E-state index contributed by atoms with van der Waals surface area (Å²) in [5, 5.41) is 0. The Hall–Kier alpha value is -2.23. The van der Waals surface area contributed by atoms with Gasteiger partial charge in [-0.15, -0.1) is 4.40 Å². The number of sulfonamides is 1. The molecule has 0 saturated heterocycles. The van der Waals surface area contributed by atoms with E-state index >= 15 is 0 Å². The van der Waals surface area contributed by atoms with Gasteiger partial charge in [0.2, 0.25) is 0 Å². The molecule has 0 aromatic heterocycles. The van der Waals surface area contributed by atoms with Crippen LogP contribution in [0.25, 0.3) is 0 Å². The van der Waals surface area contributed by atoms with Crippen LogP contribution in [0.2, 0.25) is 0 Å². The van der Waals surface area contributed by atoms with E-state index in [0.717, 1.165) is 22.9 Å². The molecule has 0 atom stereocenters. The second kappa shape index (κ2) is 8.64. The molecule has 2 rings (SSSR count). The van der Waals surface area contributed by atoms with Crippen molar-refractivity contribution >= 4 is 26.5 Å². The summed E-state index contributed by atoms with van der Waals surface area (Å²) in [5.74, 6) is 0. The summed E-state index contributed by atoms with van der Waals surface area (Å²) < 4.78 is 54.9. The molecule has 0 spiro atoms. The lowest BCUT2D eigenvalue weighted by atomic mass is 10.0. The maximum absolute atomic E-state index is 12.3. The van der Waals surface area contributed by atoms with Crippen molar-refractivity contribution in [3.8, 4) is 0 Å².